The van der Waals surface area contributed by atoms with Crippen LogP contribution in [0.5, 0.6) is 0 Å². The van der Waals surface area contributed by atoms with E-state index in [1.807, 2.05) is 6.92 Å². The van der Waals surface area contributed by atoms with E-state index < -0.39 is 0 Å². The van der Waals surface area contributed by atoms with Gasteiger partial charge in [0.05, 0.1) is 19.8 Å². The Morgan fingerprint density at radius 3 is 2.35 bits per heavy atom. The normalized spacial score (nSPS) is 11.5. The molecule has 0 aromatic heterocycles. The van der Waals surface area contributed by atoms with Crippen LogP contribution in [0.15, 0.2) is 0 Å². The lowest BCUT2D eigenvalue weighted by Gasteiger charge is -2.25. The zero-order chi connectivity index (χ0) is 13.3. The summed E-state index contributed by atoms with van der Waals surface area (Å²) in [7, 11) is 0. The SMILES string of the molecule is CCOC(=O)CN(CCOCC(C)C)C(C)C. The van der Waals surface area contributed by atoms with Crippen LogP contribution in [0.2, 0.25) is 0 Å². The largest absolute Gasteiger partial charge is 0.465 e. The van der Waals surface area contributed by atoms with Crippen LogP contribution < -0.4 is 0 Å². The van der Waals surface area contributed by atoms with Gasteiger partial charge in [-0.1, -0.05) is 13.8 Å². The maximum Gasteiger partial charge on any atom is 0.320 e. The van der Waals surface area contributed by atoms with Gasteiger partial charge in [0.15, 0.2) is 0 Å². The van der Waals surface area contributed by atoms with Crippen LogP contribution in [-0.2, 0) is 14.3 Å². The summed E-state index contributed by atoms with van der Waals surface area (Å²) >= 11 is 0. The molecule has 0 spiro atoms. The number of hydrogen-bond acceptors (Lipinski definition) is 4. The maximum absolute atomic E-state index is 11.4. The van der Waals surface area contributed by atoms with Crippen molar-refractivity contribution >= 4 is 5.97 Å². The fourth-order valence-electron chi connectivity index (χ4n) is 1.39. The Kier molecular flexibility index (Phi) is 9.09. The van der Waals surface area contributed by atoms with Gasteiger partial charge in [-0.2, -0.15) is 0 Å². The molecule has 4 heteroatoms. The molecule has 0 unspecified atom stereocenters. The zero-order valence-corrected chi connectivity index (χ0v) is 11.9. The monoisotopic (exact) mass is 245 g/mol. The molecular weight excluding hydrogens is 218 g/mol. The van der Waals surface area contributed by atoms with E-state index in [1.54, 1.807) is 0 Å². The number of rotatable bonds is 9. The zero-order valence-electron chi connectivity index (χ0n) is 11.9. The summed E-state index contributed by atoms with van der Waals surface area (Å²) in [5, 5.41) is 0. The number of esters is 1. The number of nitrogens with zero attached hydrogens (tertiary/aromatic N) is 1. The lowest BCUT2D eigenvalue weighted by molar-refractivity contribution is -0.145. The first kappa shape index (κ1) is 16.4. The highest BCUT2D eigenvalue weighted by Gasteiger charge is 2.14. The standard InChI is InChI=1S/C13H27NO3/c1-6-17-13(15)9-14(12(4)5)7-8-16-10-11(2)3/h11-12H,6-10H2,1-5H3. The number of carbonyl (C=O) groups excluding carboxylic acids is 1. The molecule has 0 saturated heterocycles. The van der Waals surface area contributed by atoms with Gasteiger partial charge in [0.25, 0.3) is 0 Å². The first-order chi connectivity index (χ1) is 7.97. The minimum atomic E-state index is -0.162. The fraction of sp³-hybridized carbons (Fsp3) is 0.923. The molecule has 0 rings (SSSR count). The number of hydrogen-bond donors (Lipinski definition) is 0. The summed E-state index contributed by atoms with van der Waals surface area (Å²) in [6.45, 7) is 13.2. The van der Waals surface area contributed by atoms with Gasteiger partial charge < -0.3 is 9.47 Å². The Bertz CT molecular complexity index is 205. The Hall–Kier alpha value is -0.610. The van der Waals surface area contributed by atoms with E-state index in [9.17, 15) is 4.79 Å². The van der Waals surface area contributed by atoms with Gasteiger partial charge in [0.2, 0.25) is 0 Å². The Morgan fingerprint density at radius 1 is 1.24 bits per heavy atom. The van der Waals surface area contributed by atoms with Crippen molar-refractivity contribution in [3.8, 4) is 0 Å². The van der Waals surface area contributed by atoms with E-state index in [4.69, 9.17) is 9.47 Å². The third-order valence-electron chi connectivity index (χ3n) is 2.34. The average Bonchev–Trinajstić information content (AvgIpc) is 2.22. The van der Waals surface area contributed by atoms with Crippen LogP contribution >= 0.6 is 0 Å². The van der Waals surface area contributed by atoms with Crippen LogP contribution in [0.4, 0.5) is 0 Å². The van der Waals surface area contributed by atoms with Crippen LogP contribution in [0.3, 0.4) is 0 Å². The fourth-order valence-corrected chi connectivity index (χ4v) is 1.39. The topological polar surface area (TPSA) is 38.8 Å². The van der Waals surface area contributed by atoms with Gasteiger partial charge in [-0.05, 0) is 26.7 Å². The van der Waals surface area contributed by atoms with E-state index in [0.29, 0.717) is 31.7 Å². The average molecular weight is 245 g/mol. The molecule has 0 aromatic carbocycles. The lowest BCUT2D eigenvalue weighted by atomic mass is 10.2. The van der Waals surface area contributed by atoms with Crippen molar-refractivity contribution in [2.75, 3.05) is 32.9 Å². The van der Waals surface area contributed by atoms with Gasteiger partial charge >= 0.3 is 5.97 Å². The summed E-state index contributed by atoms with van der Waals surface area (Å²) in [5.41, 5.74) is 0. The molecule has 0 aliphatic rings. The Morgan fingerprint density at radius 2 is 1.88 bits per heavy atom. The molecule has 0 fully saturated rings. The molecular formula is C13H27NO3. The minimum absolute atomic E-state index is 0.162. The molecule has 0 aliphatic carbocycles. The van der Waals surface area contributed by atoms with E-state index in [2.05, 4.69) is 32.6 Å². The number of ether oxygens (including phenoxy) is 2. The van der Waals surface area contributed by atoms with Crippen molar-refractivity contribution in [2.24, 2.45) is 5.92 Å². The summed E-state index contributed by atoms with van der Waals surface area (Å²) in [6, 6.07) is 0.321. The molecule has 0 aliphatic heterocycles. The third-order valence-corrected chi connectivity index (χ3v) is 2.34. The number of carbonyl (C=O) groups is 1. The van der Waals surface area contributed by atoms with E-state index in [0.717, 1.165) is 13.2 Å². The lowest BCUT2D eigenvalue weighted by Crippen LogP contribution is -2.38. The molecule has 0 radical (unpaired) electrons. The molecule has 0 N–H and O–H groups in total. The van der Waals surface area contributed by atoms with Crippen molar-refractivity contribution in [3.05, 3.63) is 0 Å². The molecule has 0 aromatic rings. The quantitative estimate of drug-likeness (QED) is 0.459. The first-order valence-corrected chi connectivity index (χ1v) is 6.44. The summed E-state index contributed by atoms with van der Waals surface area (Å²) < 4.78 is 10.5. The van der Waals surface area contributed by atoms with Crippen molar-refractivity contribution in [3.63, 3.8) is 0 Å². The second kappa shape index (κ2) is 9.42. The van der Waals surface area contributed by atoms with E-state index in [-0.39, 0.29) is 5.97 Å². The second-order valence-electron chi connectivity index (χ2n) is 4.84. The minimum Gasteiger partial charge on any atom is -0.465 e. The molecule has 0 saturated carbocycles. The molecule has 0 bridgehead atoms. The van der Waals surface area contributed by atoms with Crippen LogP contribution in [0, 0.1) is 5.92 Å². The molecule has 102 valence electrons. The van der Waals surface area contributed by atoms with Gasteiger partial charge in [-0.3, -0.25) is 9.69 Å². The maximum atomic E-state index is 11.4. The van der Waals surface area contributed by atoms with Gasteiger partial charge in [-0.25, -0.2) is 0 Å². The Balaban J connectivity index is 3.86. The van der Waals surface area contributed by atoms with Crippen molar-refractivity contribution in [1.29, 1.82) is 0 Å². The predicted molar refractivity (Wildman–Crippen MR) is 69.0 cm³/mol. The predicted octanol–water partition coefficient (Wildman–Crippen LogP) is 1.93. The molecule has 17 heavy (non-hydrogen) atoms. The highest BCUT2D eigenvalue weighted by Crippen LogP contribution is 2.00. The smallest absolute Gasteiger partial charge is 0.320 e. The van der Waals surface area contributed by atoms with Crippen LogP contribution in [0.1, 0.15) is 34.6 Å². The molecule has 0 heterocycles. The van der Waals surface area contributed by atoms with Gasteiger partial charge in [0.1, 0.15) is 0 Å². The second-order valence-corrected chi connectivity index (χ2v) is 4.84. The van der Waals surface area contributed by atoms with Crippen LogP contribution in [-0.4, -0.2) is 49.8 Å². The third kappa shape index (κ3) is 9.12. The van der Waals surface area contributed by atoms with Gasteiger partial charge in [0, 0.05) is 19.2 Å². The van der Waals surface area contributed by atoms with Crippen molar-refractivity contribution < 1.29 is 14.3 Å². The summed E-state index contributed by atoms with van der Waals surface area (Å²) in [4.78, 5) is 13.5. The summed E-state index contributed by atoms with van der Waals surface area (Å²) in [5.74, 6) is 0.387. The molecule has 4 nitrogen and oxygen atoms in total. The molecule has 0 amide bonds. The first-order valence-electron chi connectivity index (χ1n) is 6.44. The van der Waals surface area contributed by atoms with E-state index in [1.165, 1.54) is 0 Å². The molecule has 0 atom stereocenters. The Labute approximate surface area is 105 Å². The highest BCUT2D eigenvalue weighted by atomic mass is 16.5. The van der Waals surface area contributed by atoms with E-state index >= 15 is 0 Å². The highest BCUT2D eigenvalue weighted by molar-refractivity contribution is 5.71. The summed E-state index contributed by atoms with van der Waals surface area (Å²) in [6.07, 6.45) is 0. The van der Waals surface area contributed by atoms with Crippen LogP contribution in [0.25, 0.3) is 0 Å². The van der Waals surface area contributed by atoms with Crippen molar-refractivity contribution in [2.45, 2.75) is 40.7 Å². The van der Waals surface area contributed by atoms with Gasteiger partial charge in [-0.15, -0.1) is 0 Å². The van der Waals surface area contributed by atoms with Crippen molar-refractivity contribution in [1.82, 2.24) is 4.90 Å².